The molecule has 2 aromatic heterocycles. The first-order chi connectivity index (χ1) is 7.99. The van der Waals surface area contributed by atoms with Crippen LogP contribution in [0.25, 0.3) is 0 Å². The Kier molecular flexibility index (Phi) is 3.26. The van der Waals surface area contributed by atoms with E-state index >= 15 is 0 Å². The van der Waals surface area contributed by atoms with E-state index in [1.54, 1.807) is 12.1 Å². The third-order valence-electron chi connectivity index (χ3n) is 1.64. The number of nitrogen functional groups attached to an aromatic ring is 1. The van der Waals surface area contributed by atoms with Crippen molar-refractivity contribution in [3.05, 3.63) is 22.8 Å². The summed E-state index contributed by atoms with van der Waals surface area (Å²) in [5, 5.41) is 6.99. The van der Waals surface area contributed by atoms with Crippen molar-refractivity contribution >= 4 is 48.2 Å². The molecule has 90 valence electrons. The van der Waals surface area contributed by atoms with Crippen molar-refractivity contribution in [3.63, 3.8) is 0 Å². The fourth-order valence-corrected chi connectivity index (χ4v) is 3.26. The van der Waals surface area contributed by atoms with Crippen LogP contribution in [0.4, 0.5) is 10.9 Å². The second kappa shape index (κ2) is 4.55. The van der Waals surface area contributed by atoms with E-state index in [1.807, 2.05) is 0 Å². The van der Waals surface area contributed by atoms with Gasteiger partial charge in [0.1, 0.15) is 0 Å². The number of halogens is 1. The van der Waals surface area contributed by atoms with Crippen LogP contribution in [0.5, 0.6) is 0 Å². The van der Waals surface area contributed by atoms with Gasteiger partial charge in [0.2, 0.25) is 5.13 Å². The maximum atomic E-state index is 11.8. The predicted molar refractivity (Wildman–Crippen MR) is 67.1 cm³/mol. The van der Waals surface area contributed by atoms with Crippen LogP contribution in [-0.4, -0.2) is 23.6 Å². The largest absolute Gasteiger partial charge is 0.374 e. The fraction of sp³-hybridized carbons (Fsp3) is 0. The Balaban J connectivity index is 2.33. The van der Waals surface area contributed by atoms with Gasteiger partial charge in [-0.1, -0.05) is 11.3 Å². The zero-order chi connectivity index (χ0) is 12.5. The summed E-state index contributed by atoms with van der Waals surface area (Å²) >= 11 is 3.96. The van der Waals surface area contributed by atoms with Crippen LogP contribution in [-0.2, 0) is 10.0 Å². The van der Waals surface area contributed by atoms with Gasteiger partial charge < -0.3 is 5.73 Å². The van der Waals surface area contributed by atoms with E-state index in [9.17, 15) is 8.42 Å². The zero-order valence-electron chi connectivity index (χ0n) is 8.16. The molecular formula is C7H6BrN5O2S2. The van der Waals surface area contributed by atoms with E-state index < -0.39 is 10.0 Å². The van der Waals surface area contributed by atoms with E-state index in [4.69, 9.17) is 5.73 Å². The van der Waals surface area contributed by atoms with Crippen molar-refractivity contribution in [2.75, 3.05) is 10.5 Å². The second-order valence-corrected chi connectivity index (χ2v) is 6.57. The number of sulfonamides is 1. The molecule has 2 aromatic rings. The first-order valence-corrected chi connectivity index (χ1v) is 7.30. The van der Waals surface area contributed by atoms with Gasteiger partial charge >= 0.3 is 0 Å². The van der Waals surface area contributed by atoms with E-state index in [0.29, 0.717) is 4.47 Å². The molecule has 0 aliphatic heterocycles. The Morgan fingerprint density at radius 1 is 1.41 bits per heavy atom. The topological polar surface area (TPSA) is 111 Å². The zero-order valence-corrected chi connectivity index (χ0v) is 11.4. The average Bonchev–Trinajstić information content (AvgIpc) is 2.69. The highest BCUT2D eigenvalue weighted by molar-refractivity contribution is 9.10. The van der Waals surface area contributed by atoms with Gasteiger partial charge in [-0.2, -0.15) is 8.42 Å². The van der Waals surface area contributed by atoms with E-state index in [1.165, 1.54) is 6.20 Å². The first-order valence-electron chi connectivity index (χ1n) is 4.21. The van der Waals surface area contributed by atoms with Crippen LogP contribution in [0.1, 0.15) is 0 Å². The van der Waals surface area contributed by atoms with E-state index in [0.717, 1.165) is 11.3 Å². The van der Waals surface area contributed by atoms with Crippen molar-refractivity contribution in [1.29, 1.82) is 0 Å². The highest BCUT2D eigenvalue weighted by Crippen LogP contribution is 2.23. The number of nitrogens with zero attached hydrogens (tertiary/aromatic N) is 3. The maximum absolute atomic E-state index is 11.8. The molecule has 0 saturated carbocycles. The van der Waals surface area contributed by atoms with Gasteiger partial charge in [-0.05, 0) is 28.1 Å². The summed E-state index contributed by atoms with van der Waals surface area (Å²) in [7, 11) is -3.79. The Labute approximate surface area is 109 Å². The average molecular weight is 336 g/mol. The quantitative estimate of drug-likeness (QED) is 0.868. The van der Waals surface area contributed by atoms with E-state index in [2.05, 4.69) is 35.8 Å². The lowest BCUT2D eigenvalue weighted by Crippen LogP contribution is -2.14. The highest BCUT2D eigenvalue weighted by Gasteiger charge is 2.21. The van der Waals surface area contributed by atoms with Gasteiger partial charge in [-0.25, -0.2) is 4.98 Å². The van der Waals surface area contributed by atoms with Crippen molar-refractivity contribution in [1.82, 2.24) is 15.2 Å². The molecular weight excluding hydrogens is 330 g/mol. The van der Waals surface area contributed by atoms with Crippen molar-refractivity contribution < 1.29 is 8.42 Å². The standard InChI is InChI=1S/C7H6BrN5O2S2/c8-4-2-1-3-10-5(4)13-17(14,15)7-12-11-6(9)16-7/h1-3H,(H2,9,11)(H,10,13). The lowest BCUT2D eigenvalue weighted by molar-refractivity contribution is 0.599. The third-order valence-corrected chi connectivity index (χ3v) is 4.74. The van der Waals surface area contributed by atoms with Crippen LogP contribution >= 0.6 is 27.3 Å². The summed E-state index contributed by atoms with van der Waals surface area (Å²) in [4.78, 5) is 3.88. The van der Waals surface area contributed by atoms with Crippen LogP contribution in [0.2, 0.25) is 0 Å². The predicted octanol–water partition coefficient (Wildman–Crippen LogP) is 1.08. The Morgan fingerprint density at radius 2 is 2.18 bits per heavy atom. The molecule has 0 aliphatic carbocycles. The van der Waals surface area contributed by atoms with Gasteiger partial charge in [-0.3, -0.25) is 4.72 Å². The number of rotatable bonds is 3. The molecule has 0 saturated heterocycles. The summed E-state index contributed by atoms with van der Waals surface area (Å²) in [6.45, 7) is 0. The summed E-state index contributed by atoms with van der Waals surface area (Å²) in [5.41, 5.74) is 5.33. The molecule has 0 aromatic carbocycles. The van der Waals surface area contributed by atoms with Crippen LogP contribution in [0.15, 0.2) is 27.1 Å². The first kappa shape index (κ1) is 12.2. The minimum atomic E-state index is -3.79. The summed E-state index contributed by atoms with van der Waals surface area (Å²) in [6, 6.07) is 3.34. The minimum absolute atomic E-state index is 0.0884. The molecule has 3 N–H and O–H groups in total. The number of nitrogens with two attached hydrogens (primary N) is 1. The molecule has 0 spiro atoms. The molecule has 2 heterocycles. The number of hydrogen-bond acceptors (Lipinski definition) is 7. The van der Waals surface area contributed by atoms with Crippen molar-refractivity contribution in [2.45, 2.75) is 4.34 Å². The van der Waals surface area contributed by atoms with Crippen LogP contribution < -0.4 is 10.5 Å². The summed E-state index contributed by atoms with van der Waals surface area (Å²) in [6.07, 6.45) is 1.47. The number of aromatic nitrogens is 3. The number of nitrogens with one attached hydrogen (secondary N) is 1. The van der Waals surface area contributed by atoms with Crippen LogP contribution in [0.3, 0.4) is 0 Å². The molecule has 0 radical (unpaired) electrons. The molecule has 2 rings (SSSR count). The second-order valence-electron chi connectivity index (χ2n) is 2.85. The number of anilines is 2. The highest BCUT2D eigenvalue weighted by atomic mass is 79.9. The van der Waals surface area contributed by atoms with Crippen molar-refractivity contribution in [2.24, 2.45) is 0 Å². The molecule has 7 nitrogen and oxygen atoms in total. The fourth-order valence-electron chi connectivity index (χ4n) is 0.961. The van der Waals surface area contributed by atoms with Gasteiger partial charge in [0, 0.05) is 6.20 Å². The molecule has 0 bridgehead atoms. The molecule has 17 heavy (non-hydrogen) atoms. The van der Waals surface area contributed by atoms with Gasteiger partial charge in [0.15, 0.2) is 5.82 Å². The summed E-state index contributed by atoms with van der Waals surface area (Å²) in [5.74, 6) is 0.182. The Bertz CT molecular complexity index is 641. The Morgan fingerprint density at radius 3 is 2.76 bits per heavy atom. The SMILES string of the molecule is Nc1nnc(S(=O)(=O)Nc2ncccc2Br)s1. The lowest BCUT2D eigenvalue weighted by atomic mass is 10.5. The normalized spacial score (nSPS) is 11.4. The molecule has 0 atom stereocenters. The smallest absolute Gasteiger partial charge is 0.292 e. The van der Waals surface area contributed by atoms with Crippen molar-refractivity contribution in [3.8, 4) is 0 Å². The lowest BCUT2D eigenvalue weighted by Gasteiger charge is -2.05. The third kappa shape index (κ3) is 2.70. The molecule has 0 unspecified atom stereocenters. The Hall–Kier alpha value is -1.26. The van der Waals surface area contributed by atoms with Gasteiger partial charge in [-0.15, -0.1) is 10.2 Å². The minimum Gasteiger partial charge on any atom is -0.374 e. The maximum Gasteiger partial charge on any atom is 0.292 e. The monoisotopic (exact) mass is 335 g/mol. The summed E-state index contributed by atoms with van der Waals surface area (Å²) < 4.78 is 26.3. The molecule has 0 fully saturated rings. The molecule has 10 heteroatoms. The molecule has 0 amide bonds. The number of hydrogen-bond donors (Lipinski definition) is 2. The number of pyridine rings is 1. The van der Waals surface area contributed by atoms with Gasteiger partial charge in [0.25, 0.3) is 14.4 Å². The van der Waals surface area contributed by atoms with Gasteiger partial charge in [0.05, 0.1) is 4.47 Å². The molecule has 0 aliphatic rings. The van der Waals surface area contributed by atoms with Crippen LogP contribution in [0, 0.1) is 0 Å². The van der Waals surface area contributed by atoms with E-state index in [-0.39, 0.29) is 15.3 Å².